The van der Waals surface area contributed by atoms with Gasteiger partial charge in [-0.15, -0.1) is 0 Å². The molecule has 3 unspecified atom stereocenters. The highest BCUT2D eigenvalue weighted by atomic mass is 16.3. The number of rotatable bonds is 47. The lowest BCUT2D eigenvalue weighted by Crippen LogP contribution is -2.46. The summed E-state index contributed by atoms with van der Waals surface area (Å²) in [6, 6.07) is -0.653. The molecule has 1 amide bonds. The van der Waals surface area contributed by atoms with Crippen LogP contribution in [0, 0.1) is 0 Å². The minimum Gasteiger partial charge on any atom is -0.394 e. The van der Waals surface area contributed by atoms with E-state index in [9.17, 15) is 20.1 Å². The van der Waals surface area contributed by atoms with Crippen molar-refractivity contribution in [1.82, 2.24) is 5.32 Å². The molecule has 0 spiro atoms. The van der Waals surface area contributed by atoms with E-state index >= 15 is 0 Å². The number of nitrogens with one attached hydrogen (secondary N) is 1. The van der Waals surface area contributed by atoms with Crippen LogP contribution < -0.4 is 5.32 Å². The van der Waals surface area contributed by atoms with Gasteiger partial charge in [-0.3, -0.25) is 4.79 Å². The highest BCUT2D eigenvalue weighted by Crippen LogP contribution is 2.18. The first-order chi connectivity index (χ1) is 27.0. The molecule has 0 aliphatic carbocycles. The van der Waals surface area contributed by atoms with E-state index in [1.807, 2.05) is 0 Å². The van der Waals surface area contributed by atoms with Gasteiger partial charge in [0.05, 0.1) is 31.3 Å². The molecule has 0 aromatic heterocycles. The molecule has 0 heterocycles. The highest BCUT2D eigenvalue weighted by Gasteiger charge is 2.21. The average Bonchev–Trinajstić information content (AvgIpc) is 3.18. The van der Waals surface area contributed by atoms with Crippen molar-refractivity contribution < 1.29 is 20.1 Å². The lowest BCUT2D eigenvalue weighted by atomic mass is 10.0. The molecular formula is C50H101NO4. The van der Waals surface area contributed by atoms with Crippen molar-refractivity contribution in [2.24, 2.45) is 0 Å². The van der Waals surface area contributed by atoms with Gasteiger partial charge in [0.2, 0.25) is 5.91 Å². The molecule has 0 bridgehead atoms. The topological polar surface area (TPSA) is 89.8 Å². The third-order valence-electron chi connectivity index (χ3n) is 12.2. The fourth-order valence-electron chi connectivity index (χ4n) is 8.29. The minimum absolute atomic E-state index is 0.0433. The van der Waals surface area contributed by atoms with Gasteiger partial charge in [0.25, 0.3) is 0 Å². The van der Waals surface area contributed by atoms with Crippen molar-refractivity contribution in [3.8, 4) is 0 Å². The number of aliphatic hydroxyl groups excluding tert-OH is 3. The van der Waals surface area contributed by atoms with Gasteiger partial charge >= 0.3 is 0 Å². The van der Waals surface area contributed by atoms with E-state index in [1.165, 1.54) is 231 Å². The number of carbonyl (C=O) groups excluding carboxylic acids is 1. The Kier molecular flexibility index (Phi) is 45.5. The molecule has 5 nitrogen and oxygen atoms in total. The summed E-state index contributed by atoms with van der Waals surface area (Å²) in [5.74, 6) is -0.276. The summed E-state index contributed by atoms with van der Waals surface area (Å²) in [6.07, 6.45) is 53.8. The van der Waals surface area contributed by atoms with Crippen LogP contribution in [-0.4, -0.2) is 46.1 Å². The third kappa shape index (κ3) is 42.8. The second-order valence-corrected chi connectivity index (χ2v) is 17.8. The Morgan fingerprint density at radius 3 is 0.873 bits per heavy atom. The maximum Gasteiger partial charge on any atom is 0.222 e. The smallest absolute Gasteiger partial charge is 0.222 e. The van der Waals surface area contributed by atoms with Crippen molar-refractivity contribution in [1.29, 1.82) is 0 Å². The third-order valence-corrected chi connectivity index (χ3v) is 12.2. The van der Waals surface area contributed by atoms with Crippen LogP contribution in [0.5, 0.6) is 0 Å². The summed E-state index contributed by atoms with van der Waals surface area (Å²) in [6.45, 7) is 4.30. The molecule has 330 valence electrons. The number of unbranched alkanes of at least 4 members (excludes halogenated alkanes) is 38. The molecule has 0 aliphatic heterocycles. The molecule has 0 radical (unpaired) electrons. The summed E-state index contributed by atoms with van der Waals surface area (Å²) in [4.78, 5) is 12.5. The molecule has 55 heavy (non-hydrogen) atoms. The molecule has 0 fully saturated rings. The molecule has 3 atom stereocenters. The van der Waals surface area contributed by atoms with E-state index in [-0.39, 0.29) is 18.9 Å². The van der Waals surface area contributed by atoms with Gasteiger partial charge < -0.3 is 20.6 Å². The van der Waals surface area contributed by atoms with Crippen molar-refractivity contribution in [2.75, 3.05) is 6.61 Å². The van der Waals surface area contributed by atoms with Gasteiger partial charge in [-0.1, -0.05) is 271 Å². The Labute approximate surface area is 345 Å². The summed E-state index contributed by atoms with van der Waals surface area (Å²) in [5.41, 5.74) is 0. The Morgan fingerprint density at radius 2 is 0.618 bits per heavy atom. The van der Waals surface area contributed by atoms with Crippen LogP contribution in [0.25, 0.3) is 0 Å². The number of hydrogen-bond donors (Lipinski definition) is 4. The number of hydrogen-bond acceptors (Lipinski definition) is 4. The van der Waals surface area contributed by atoms with Gasteiger partial charge in [-0.05, 0) is 12.8 Å². The van der Waals surface area contributed by atoms with E-state index in [0.29, 0.717) is 12.8 Å². The Bertz CT molecular complexity index is 733. The standard InChI is InChI=1S/C50H101NO4/c1-3-5-7-9-11-13-15-17-19-21-23-24-25-26-27-29-31-33-35-37-39-41-43-47(53)45-50(55)51-48(46-52)49(54)44-42-40-38-36-34-32-30-28-22-20-18-16-14-12-10-8-6-4-2/h47-49,52-54H,3-46H2,1-2H3,(H,51,55). The first-order valence-electron chi connectivity index (χ1n) is 25.3. The van der Waals surface area contributed by atoms with Crippen LogP contribution in [0.2, 0.25) is 0 Å². The number of carbonyl (C=O) groups is 1. The first kappa shape index (κ1) is 54.3. The van der Waals surface area contributed by atoms with Gasteiger partial charge in [0, 0.05) is 0 Å². The van der Waals surface area contributed by atoms with Crippen molar-refractivity contribution in [3.63, 3.8) is 0 Å². The Balaban J connectivity index is 3.52. The fraction of sp³-hybridized carbons (Fsp3) is 0.980. The summed E-state index contributed by atoms with van der Waals surface area (Å²) in [7, 11) is 0. The van der Waals surface area contributed by atoms with Crippen molar-refractivity contribution >= 4 is 5.91 Å². The van der Waals surface area contributed by atoms with Gasteiger partial charge in [-0.2, -0.15) is 0 Å². The summed E-state index contributed by atoms with van der Waals surface area (Å²) < 4.78 is 0. The molecule has 0 aliphatic rings. The highest BCUT2D eigenvalue weighted by molar-refractivity contribution is 5.76. The van der Waals surface area contributed by atoms with Crippen LogP contribution in [0.1, 0.15) is 290 Å². The zero-order chi connectivity index (χ0) is 40.1. The van der Waals surface area contributed by atoms with E-state index in [1.54, 1.807) is 0 Å². The van der Waals surface area contributed by atoms with Gasteiger partial charge in [0.15, 0.2) is 0 Å². The van der Waals surface area contributed by atoms with Crippen LogP contribution in [0.4, 0.5) is 0 Å². The second-order valence-electron chi connectivity index (χ2n) is 17.8. The normalized spacial score (nSPS) is 13.3. The second kappa shape index (κ2) is 46.0. The Hall–Kier alpha value is -0.650. The van der Waals surface area contributed by atoms with E-state index in [0.717, 1.165) is 25.7 Å². The molecule has 0 rings (SSSR count). The van der Waals surface area contributed by atoms with Gasteiger partial charge in [0.1, 0.15) is 0 Å². The zero-order valence-corrected chi connectivity index (χ0v) is 37.6. The molecule has 0 saturated carbocycles. The van der Waals surface area contributed by atoms with Crippen LogP contribution in [0.3, 0.4) is 0 Å². The van der Waals surface area contributed by atoms with Gasteiger partial charge in [-0.25, -0.2) is 0 Å². The van der Waals surface area contributed by atoms with E-state index < -0.39 is 18.2 Å². The maximum absolute atomic E-state index is 12.5. The van der Waals surface area contributed by atoms with Crippen molar-refractivity contribution in [3.05, 3.63) is 0 Å². The van der Waals surface area contributed by atoms with E-state index in [4.69, 9.17) is 0 Å². The molecule has 4 N–H and O–H groups in total. The predicted octanol–water partition coefficient (Wildman–Crippen LogP) is 15.0. The maximum atomic E-state index is 12.5. The van der Waals surface area contributed by atoms with E-state index in [2.05, 4.69) is 19.2 Å². The lowest BCUT2D eigenvalue weighted by molar-refractivity contribution is -0.125. The number of amides is 1. The molecule has 0 aromatic carbocycles. The minimum atomic E-state index is -0.744. The average molecular weight is 780 g/mol. The van der Waals surface area contributed by atoms with Crippen LogP contribution in [0.15, 0.2) is 0 Å². The largest absolute Gasteiger partial charge is 0.394 e. The first-order valence-corrected chi connectivity index (χ1v) is 25.3. The van der Waals surface area contributed by atoms with Crippen LogP contribution in [-0.2, 0) is 4.79 Å². The van der Waals surface area contributed by atoms with Crippen LogP contribution >= 0.6 is 0 Å². The fourth-order valence-corrected chi connectivity index (χ4v) is 8.29. The summed E-state index contributed by atoms with van der Waals surface area (Å²) in [5, 5.41) is 33.5. The predicted molar refractivity (Wildman–Crippen MR) is 241 cm³/mol. The molecule has 0 saturated heterocycles. The zero-order valence-electron chi connectivity index (χ0n) is 37.6. The number of aliphatic hydroxyl groups is 3. The van der Waals surface area contributed by atoms with Crippen molar-refractivity contribution in [2.45, 2.75) is 308 Å². The molecule has 0 aromatic rings. The monoisotopic (exact) mass is 780 g/mol. The SMILES string of the molecule is CCCCCCCCCCCCCCCCCCCCCCCCC(O)CC(=O)NC(CO)C(O)CCCCCCCCCCCCCCCCCCCC. The molecule has 5 heteroatoms. The quantitative estimate of drug-likeness (QED) is 0.0463. The summed E-state index contributed by atoms with van der Waals surface area (Å²) >= 11 is 0. The molecular weight excluding hydrogens is 679 g/mol. The lowest BCUT2D eigenvalue weighted by Gasteiger charge is -2.23. The Morgan fingerprint density at radius 1 is 0.382 bits per heavy atom.